The molecule has 1 aromatic carbocycles. The highest BCUT2D eigenvalue weighted by Crippen LogP contribution is 2.10. The molecule has 6 heteroatoms. The third-order valence-electron chi connectivity index (χ3n) is 5.42. The average Bonchev–Trinajstić information content (AvgIpc) is 3.29. The summed E-state index contributed by atoms with van der Waals surface area (Å²) in [5, 5.41) is 12.4. The Morgan fingerprint density at radius 2 is 1.58 bits per heavy atom. The Labute approximate surface area is 188 Å². The van der Waals surface area contributed by atoms with Crippen LogP contribution in [0.3, 0.4) is 0 Å². The smallest absolute Gasteiger partial charge is 0.120 e. The van der Waals surface area contributed by atoms with Crippen molar-refractivity contribution in [3.05, 3.63) is 53.6 Å². The lowest BCUT2D eigenvalue weighted by atomic mass is 10.1. The summed E-state index contributed by atoms with van der Waals surface area (Å²) in [7, 11) is 0. The molecular weight excluding hydrogens is 384 g/mol. The molecule has 1 heterocycles. The number of aromatic nitrogens is 2. The molecule has 31 heavy (non-hydrogen) atoms. The van der Waals surface area contributed by atoms with E-state index in [-0.39, 0.29) is 0 Å². The summed E-state index contributed by atoms with van der Waals surface area (Å²) in [4.78, 5) is 12.3. The van der Waals surface area contributed by atoms with Crippen molar-refractivity contribution in [2.45, 2.75) is 65.6 Å². The van der Waals surface area contributed by atoms with E-state index in [4.69, 9.17) is 5.26 Å². The lowest BCUT2D eigenvalue weighted by Gasteiger charge is -2.24. The van der Waals surface area contributed by atoms with Gasteiger partial charge >= 0.3 is 0 Å². The number of rotatable bonds is 17. The summed E-state index contributed by atoms with van der Waals surface area (Å²) in [5.74, 6) is 0.956. The number of nitriles is 1. The summed E-state index contributed by atoms with van der Waals surface area (Å²) in [6.07, 6.45) is 9.07. The van der Waals surface area contributed by atoms with Crippen molar-refractivity contribution in [2.75, 3.05) is 32.7 Å². The molecule has 0 aliphatic carbocycles. The van der Waals surface area contributed by atoms with Gasteiger partial charge in [-0.3, -0.25) is 4.90 Å². The molecule has 0 saturated heterocycles. The molecular formula is C25H40N6. The molecule has 1 aromatic heterocycles. The van der Waals surface area contributed by atoms with E-state index in [1.54, 1.807) is 6.20 Å². The number of nitrogens with zero attached hydrogens (tertiary/aromatic N) is 4. The molecule has 0 bridgehead atoms. The van der Waals surface area contributed by atoms with Crippen LogP contribution in [0.5, 0.6) is 0 Å². The van der Waals surface area contributed by atoms with E-state index in [1.807, 2.05) is 6.20 Å². The van der Waals surface area contributed by atoms with Crippen LogP contribution in [-0.4, -0.2) is 52.5 Å². The minimum absolute atomic E-state index is 0.590. The normalized spacial score (nSPS) is 11.3. The Bertz CT molecular complexity index is 713. The van der Waals surface area contributed by atoms with Crippen LogP contribution in [0.1, 0.15) is 62.9 Å². The summed E-state index contributed by atoms with van der Waals surface area (Å²) in [5.41, 5.74) is 2.58. The van der Waals surface area contributed by atoms with E-state index >= 15 is 0 Å². The molecule has 0 radical (unpaired) electrons. The third kappa shape index (κ3) is 10.6. The van der Waals surface area contributed by atoms with Gasteiger partial charge in [-0.05, 0) is 63.0 Å². The van der Waals surface area contributed by atoms with Crippen molar-refractivity contribution in [1.29, 1.82) is 5.26 Å². The highest BCUT2D eigenvalue weighted by atomic mass is 15.1. The van der Waals surface area contributed by atoms with Gasteiger partial charge in [0.25, 0.3) is 0 Å². The highest BCUT2D eigenvalue weighted by molar-refractivity contribution is 5.22. The topological polar surface area (TPSA) is 71.0 Å². The van der Waals surface area contributed by atoms with E-state index in [1.165, 1.54) is 56.4 Å². The Morgan fingerprint density at radius 3 is 2.19 bits per heavy atom. The van der Waals surface area contributed by atoms with E-state index in [9.17, 15) is 0 Å². The quantitative estimate of drug-likeness (QED) is 0.370. The van der Waals surface area contributed by atoms with Crippen LogP contribution in [0.15, 0.2) is 36.7 Å². The Hall–Kier alpha value is -2.20. The van der Waals surface area contributed by atoms with Gasteiger partial charge in [0, 0.05) is 38.4 Å². The van der Waals surface area contributed by atoms with Crippen molar-refractivity contribution in [3.8, 4) is 6.07 Å². The van der Waals surface area contributed by atoms with Crippen molar-refractivity contribution in [1.82, 2.24) is 25.1 Å². The van der Waals surface area contributed by atoms with Gasteiger partial charge in [0.15, 0.2) is 0 Å². The fourth-order valence-corrected chi connectivity index (χ4v) is 3.86. The van der Waals surface area contributed by atoms with Crippen LogP contribution in [-0.2, 0) is 19.6 Å². The number of hydrogen-bond acceptors (Lipinski definition) is 5. The first-order valence-electron chi connectivity index (χ1n) is 11.8. The zero-order chi connectivity index (χ0) is 22.2. The number of benzene rings is 1. The number of hydrogen-bond donors (Lipinski definition) is 2. The SMILES string of the molecule is CCCN(CCC)CCCCN(CCC#N)Cc1ccc(CNCc2ncc[nH]2)cc1. The number of imidazole rings is 1. The number of H-pyrrole nitrogens is 1. The van der Waals surface area contributed by atoms with Crippen LogP contribution in [0.25, 0.3) is 0 Å². The first-order chi connectivity index (χ1) is 15.2. The molecule has 0 atom stereocenters. The fraction of sp³-hybridized carbons (Fsp3) is 0.600. The van der Waals surface area contributed by atoms with E-state index < -0.39 is 0 Å². The molecule has 2 rings (SSSR count). The zero-order valence-electron chi connectivity index (χ0n) is 19.4. The number of nitrogens with one attached hydrogen (secondary N) is 2. The standard InChI is InChI=1S/C25H40N6/c1-3-15-30(16-4-2)17-5-6-18-31(19-7-12-26)22-24-10-8-23(9-11-24)20-27-21-25-28-13-14-29-25/h8-11,13-14,27H,3-7,15-22H2,1-2H3,(H,28,29). The molecule has 0 spiro atoms. The monoisotopic (exact) mass is 424 g/mol. The Kier molecular flexibility index (Phi) is 12.6. The van der Waals surface area contributed by atoms with Crippen molar-refractivity contribution in [3.63, 3.8) is 0 Å². The van der Waals surface area contributed by atoms with E-state index in [2.05, 4.69) is 69.3 Å². The minimum atomic E-state index is 0.590. The van der Waals surface area contributed by atoms with Gasteiger partial charge < -0.3 is 15.2 Å². The molecule has 2 aromatic rings. The zero-order valence-corrected chi connectivity index (χ0v) is 19.4. The molecule has 0 fully saturated rings. The van der Waals surface area contributed by atoms with Crippen molar-refractivity contribution in [2.24, 2.45) is 0 Å². The molecule has 6 nitrogen and oxygen atoms in total. The second-order valence-corrected chi connectivity index (χ2v) is 8.19. The summed E-state index contributed by atoms with van der Waals surface area (Å²) >= 11 is 0. The first kappa shape index (κ1) is 25.1. The highest BCUT2D eigenvalue weighted by Gasteiger charge is 2.08. The largest absolute Gasteiger partial charge is 0.348 e. The molecule has 0 aliphatic heterocycles. The fourth-order valence-electron chi connectivity index (χ4n) is 3.86. The van der Waals surface area contributed by atoms with Gasteiger partial charge in [-0.2, -0.15) is 5.26 Å². The van der Waals surface area contributed by atoms with E-state index in [0.29, 0.717) is 6.42 Å². The lowest BCUT2D eigenvalue weighted by Crippen LogP contribution is -2.29. The van der Waals surface area contributed by atoms with Gasteiger partial charge in [-0.15, -0.1) is 0 Å². The Morgan fingerprint density at radius 1 is 0.903 bits per heavy atom. The molecule has 0 unspecified atom stereocenters. The maximum Gasteiger partial charge on any atom is 0.120 e. The average molecular weight is 425 g/mol. The molecule has 2 N–H and O–H groups in total. The lowest BCUT2D eigenvalue weighted by molar-refractivity contribution is 0.239. The van der Waals surface area contributed by atoms with Gasteiger partial charge in [0.05, 0.1) is 12.6 Å². The molecule has 0 amide bonds. The maximum atomic E-state index is 9.03. The van der Waals surface area contributed by atoms with Crippen LogP contribution >= 0.6 is 0 Å². The predicted molar refractivity (Wildman–Crippen MR) is 127 cm³/mol. The summed E-state index contributed by atoms with van der Waals surface area (Å²) in [6, 6.07) is 11.1. The molecule has 170 valence electrons. The van der Waals surface area contributed by atoms with Crippen LogP contribution in [0.2, 0.25) is 0 Å². The number of aromatic amines is 1. The molecule has 0 saturated carbocycles. The summed E-state index contributed by atoms with van der Waals surface area (Å²) < 4.78 is 0. The van der Waals surface area contributed by atoms with Crippen LogP contribution in [0.4, 0.5) is 0 Å². The van der Waals surface area contributed by atoms with Crippen LogP contribution < -0.4 is 5.32 Å². The second kappa shape index (κ2) is 15.6. The number of unbranched alkanes of at least 4 members (excludes halogenated alkanes) is 1. The Balaban J connectivity index is 1.75. The second-order valence-electron chi connectivity index (χ2n) is 8.19. The van der Waals surface area contributed by atoms with Gasteiger partial charge in [0.1, 0.15) is 5.82 Å². The maximum absolute atomic E-state index is 9.03. The van der Waals surface area contributed by atoms with Crippen LogP contribution in [0, 0.1) is 11.3 Å². The van der Waals surface area contributed by atoms with Gasteiger partial charge in [0.2, 0.25) is 0 Å². The first-order valence-corrected chi connectivity index (χ1v) is 11.8. The van der Waals surface area contributed by atoms with Gasteiger partial charge in [-0.1, -0.05) is 38.1 Å². The third-order valence-corrected chi connectivity index (χ3v) is 5.42. The predicted octanol–water partition coefficient (Wildman–Crippen LogP) is 4.32. The van der Waals surface area contributed by atoms with E-state index in [0.717, 1.165) is 38.5 Å². The minimum Gasteiger partial charge on any atom is -0.348 e. The van der Waals surface area contributed by atoms with Gasteiger partial charge in [-0.25, -0.2) is 4.98 Å². The summed E-state index contributed by atoms with van der Waals surface area (Å²) in [6.45, 7) is 12.5. The van der Waals surface area contributed by atoms with Crippen molar-refractivity contribution < 1.29 is 0 Å². The van der Waals surface area contributed by atoms with Crippen molar-refractivity contribution >= 4 is 0 Å². The molecule has 0 aliphatic rings.